The molecule has 1 N–H and O–H groups in total. The molecule has 1 atom stereocenters. The fourth-order valence-corrected chi connectivity index (χ4v) is 2.19. The van der Waals surface area contributed by atoms with Gasteiger partial charge >= 0.3 is 0 Å². The Balaban J connectivity index is 2.02. The Hall–Kier alpha value is -1.36. The predicted molar refractivity (Wildman–Crippen MR) is 73.1 cm³/mol. The first-order chi connectivity index (χ1) is 8.83. The summed E-state index contributed by atoms with van der Waals surface area (Å²) in [5, 5.41) is 3.22. The van der Waals surface area contributed by atoms with Crippen LogP contribution in [0, 0.1) is 0 Å². The standard InChI is InChI=1S/C13H22N4O/c1-3-7-14-13-15-8-6-12(16-13)17-9-4-5-11(10-17)18-2/h6,8,11H,3-5,7,9-10H2,1-2H3,(H,14,15,16). The number of aromatic nitrogens is 2. The molecule has 5 heteroatoms. The lowest BCUT2D eigenvalue weighted by atomic mass is 10.1. The smallest absolute Gasteiger partial charge is 0.224 e. The number of nitrogens with one attached hydrogen (secondary N) is 1. The Labute approximate surface area is 109 Å². The molecule has 0 spiro atoms. The topological polar surface area (TPSA) is 50.3 Å². The van der Waals surface area contributed by atoms with Gasteiger partial charge in [0.2, 0.25) is 5.95 Å². The van der Waals surface area contributed by atoms with Crippen molar-refractivity contribution >= 4 is 11.8 Å². The van der Waals surface area contributed by atoms with Gasteiger partial charge in [0, 0.05) is 32.9 Å². The third-order valence-corrected chi connectivity index (χ3v) is 3.21. The summed E-state index contributed by atoms with van der Waals surface area (Å²) in [6.07, 6.45) is 5.50. The Morgan fingerprint density at radius 2 is 2.44 bits per heavy atom. The lowest BCUT2D eigenvalue weighted by Gasteiger charge is -2.32. The van der Waals surface area contributed by atoms with E-state index in [1.165, 1.54) is 0 Å². The second kappa shape index (κ2) is 6.54. The highest BCUT2D eigenvalue weighted by molar-refractivity contribution is 5.43. The van der Waals surface area contributed by atoms with Crippen LogP contribution in [-0.2, 0) is 4.74 Å². The number of rotatable bonds is 5. The largest absolute Gasteiger partial charge is 0.380 e. The van der Waals surface area contributed by atoms with Gasteiger partial charge in [-0.15, -0.1) is 0 Å². The first-order valence-corrected chi connectivity index (χ1v) is 6.68. The maximum atomic E-state index is 5.44. The molecule has 5 nitrogen and oxygen atoms in total. The van der Waals surface area contributed by atoms with Crippen LogP contribution in [0.2, 0.25) is 0 Å². The molecule has 0 amide bonds. The molecule has 100 valence electrons. The van der Waals surface area contributed by atoms with Crippen molar-refractivity contribution < 1.29 is 4.74 Å². The SMILES string of the molecule is CCCNc1nccc(N2CCCC(OC)C2)n1. The van der Waals surface area contributed by atoms with Crippen molar-refractivity contribution in [1.82, 2.24) is 9.97 Å². The summed E-state index contributed by atoms with van der Waals surface area (Å²) in [6.45, 7) is 5.00. The molecule has 1 aliphatic heterocycles. The zero-order valence-electron chi connectivity index (χ0n) is 11.2. The van der Waals surface area contributed by atoms with Crippen molar-refractivity contribution in [3.05, 3.63) is 12.3 Å². The molecule has 0 aliphatic carbocycles. The summed E-state index contributed by atoms with van der Waals surface area (Å²) in [6, 6.07) is 1.97. The van der Waals surface area contributed by atoms with Crippen molar-refractivity contribution in [2.75, 3.05) is 37.0 Å². The molecule has 1 unspecified atom stereocenters. The fourth-order valence-electron chi connectivity index (χ4n) is 2.19. The van der Waals surface area contributed by atoms with E-state index in [4.69, 9.17) is 4.74 Å². The van der Waals surface area contributed by atoms with Gasteiger partial charge in [0.25, 0.3) is 0 Å². The average Bonchev–Trinajstić information content (AvgIpc) is 2.45. The number of piperidine rings is 1. The van der Waals surface area contributed by atoms with Crippen LogP contribution in [-0.4, -0.2) is 42.8 Å². The van der Waals surface area contributed by atoms with Crippen molar-refractivity contribution in [1.29, 1.82) is 0 Å². The minimum atomic E-state index is 0.320. The zero-order valence-corrected chi connectivity index (χ0v) is 11.2. The van der Waals surface area contributed by atoms with Gasteiger partial charge in [-0.3, -0.25) is 0 Å². The molecule has 1 aliphatic rings. The van der Waals surface area contributed by atoms with Crippen molar-refractivity contribution in [2.24, 2.45) is 0 Å². The molecule has 2 heterocycles. The van der Waals surface area contributed by atoms with E-state index in [1.807, 2.05) is 12.3 Å². The number of hydrogen-bond donors (Lipinski definition) is 1. The van der Waals surface area contributed by atoms with Gasteiger partial charge in [-0.2, -0.15) is 4.98 Å². The highest BCUT2D eigenvalue weighted by Crippen LogP contribution is 2.19. The number of hydrogen-bond acceptors (Lipinski definition) is 5. The maximum Gasteiger partial charge on any atom is 0.224 e. The first-order valence-electron chi connectivity index (χ1n) is 6.68. The molecule has 1 saturated heterocycles. The number of nitrogens with zero attached hydrogens (tertiary/aromatic N) is 3. The zero-order chi connectivity index (χ0) is 12.8. The lowest BCUT2D eigenvalue weighted by molar-refractivity contribution is 0.0891. The van der Waals surface area contributed by atoms with E-state index in [1.54, 1.807) is 7.11 Å². The van der Waals surface area contributed by atoms with Gasteiger partial charge in [0.05, 0.1) is 6.10 Å². The summed E-state index contributed by atoms with van der Waals surface area (Å²) in [5.74, 6) is 1.71. The van der Waals surface area contributed by atoms with Crippen molar-refractivity contribution in [3.8, 4) is 0 Å². The molecule has 1 aromatic heterocycles. The molecular weight excluding hydrogens is 228 g/mol. The summed E-state index contributed by atoms with van der Waals surface area (Å²) >= 11 is 0. The average molecular weight is 250 g/mol. The molecule has 2 rings (SSSR count). The predicted octanol–water partition coefficient (Wildman–Crippen LogP) is 1.91. The van der Waals surface area contributed by atoms with E-state index in [0.717, 1.165) is 44.7 Å². The fraction of sp³-hybridized carbons (Fsp3) is 0.692. The highest BCUT2D eigenvalue weighted by Gasteiger charge is 2.20. The van der Waals surface area contributed by atoms with Crippen LogP contribution >= 0.6 is 0 Å². The van der Waals surface area contributed by atoms with Crippen LogP contribution in [0.4, 0.5) is 11.8 Å². The lowest BCUT2D eigenvalue weighted by Crippen LogP contribution is -2.39. The molecule has 0 bridgehead atoms. The van der Waals surface area contributed by atoms with Gasteiger partial charge in [0.15, 0.2) is 0 Å². The summed E-state index contributed by atoms with van der Waals surface area (Å²) in [7, 11) is 1.78. The summed E-state index contributed by atoms with van der Waals surface area (Å²) in [4.78, 5) is 11.1. The van der Waals surface area contributed by atoms with Crippen LogP contribution in [0.25, 0.3) is 0 Å². The van der Waals surface area contributed by atoms with Crippen LogP contribution in [0.3, 0.4) is 0 Å². The van der Waals surface area contributed by atoms with E-state index in [9.17, 15) is 0 Å². The van der Waals surface area contributed by atoms with Gasteiger partial charge < -0.3 is 15.0 Å². The third kappa shape index (κ3) is 3.32. The third-order valence-electron chi connectivity index (χ3n) is 3.21. The van der Waals surface area contributed by atoms with E-state index >= 15 is 0 Å². The number of methoxy groups -OCH3 is 1. The molecule has 1 fully saturated rings. The van der Waals surface area contributed by atoms with Crippen LogP contribution < -0.4 is 10.2 Å². The minimum absolute atomic E-state index is 0.320. The van der Waals surface area contributed by atoms with Gasteiger partial charge in [-0.25, -0.2) is 4.98 Å². The van der Waals surface area contributed by atoms with Crippen LogP contribution in [0.1, 0.15) is 26.2 Å². The maximum absolute atomic E-state index is 5.44. The van der Waals surface area contributed by atoms with Crippen LogP contribution in [0.15, 0.2) is 12.3 Å². The van der Waals surface area contributed by atoms with Crippen LogP contribution in [0.5, 0.6) is 0 Å². The Kier molecular flexibility index (Phi) is 4.75. The van der Waals surface area contributed by atoms with Crippen molar-refractivity contribution in [3.63, 3.8) is 0 Å². The Morgan fingerprint density at radius 1 is 1.56 bits per heavy atom. The number of anilines is 2. The van der Waals surface area contributed by atoms with E-state index < -0.39 is 0 Å². The molecule has 0 saturated carbocycles. The van der Waals surface area contributed by atoms with E-state index in [2.05, 4.69) is 27.1 Å². The molecule has 0 aromatic carbocycles. The Bertz CT molecular complexity index is 372. The number of ether oxygens (including phenoxy) is 1. The second-order valence-corrected chi connectivity index (χ2v) is 4.61. The monoisotopic (exact) mass is 250 g/mol. The quantitative estimate of drug-likeness (QED) is 0.865. The normalized spacial score (nSPS) is 19.9. The van der Waals surface area contributed by atoms with Gasteiger partial charge in [-0.1, -0.05) is 6.92 Å². The molecule has 1 aromatic rings. The minimum Gasteiger partial charge on any atom is -0.380 e. The van der Waals surface area contributed by atoms with E-state index in [-0.39, 0.29) is 0 Å². The highest BCUT2D eigenvalue weighted by atomic mass is 16.5. The molecular formula is C13H22N4O. The Morgan fingerprint density at radius 3 is 3.22 bits per heavy atom. The van der Waals surface area contributed by atoms with Crippen molar-refractivity contribution in [2.45, 2.75) is 32.3 Å². The molecule has 18 heavy (non-hydrogen) atoms. The van der Waals surface area contributed by atoms with E-state index in [0.29, 0.717) is 12.1 Å². The van der Waals surface area contributed by atoms with Gasteiger partial charge in [-0.05, 0) is 25.3 Å². The summed E-state index contributed by atoms with van der Waals surface area (Å²) in [5.41, 5.74) is 0. The summed E-state index contributed by atoms with van der Waals surface area (Å²) < 4.78 is 5.44. The molecule has 0 radical (unpaired) electrons. The first kappa shape index (κ1) is 13.1. The second-order valence-electron chi connectivity index (χ2n) is 4.61. The van der Waals surface area contributed by atoms with Gasteiger partial charge in [0.1, 0.15) is 5.82 Å².